The summed E-state index contributed by atoms with van der Waals surface area (Å²) in [4.78, 5) is 20.1. The largest absolute Gasteiger partial charge is 0.388 e. The second-order valence-corrected chi connectivity index (χ2v) is 6.59. The Morgan fingerprint density at radius 2 is 1.14 bits per heavy atom. The molecule has 0 fully saturated rings. The Hall–Kier alpha value is -2.40. The van der Waals surface area contributed by atoms with Gasteiger partial charge in [0.05, 0.1) is 22.1 Å². The van der Waals surface area contributed by atoms with Crippen molar-refractivity contribution in [1.29, 1.82) is 0 Å². The fourth-order valence-electron chi connectivity index (χ4n) is 2.52. The van der Waals surface area contributed by atoms with Crippen molar-refractivity contribution in [3.8, 4) is 0 Å². The van der Waals surface area contributed by atoms with Crippen molar-refractivity contribution >= 4 is 34.6 Å². The van der Waals surface area contributed by atoms with Crippen molar-refractivity contribution in [3.05, 3.63) is 77.3 Å². The number of aliphatic hydroxyl groups excluding tert-OH is 2. The van der Waals surface area contributed by atoms with Crippen LogP contribution in [-0.2, 0) is 0 Å². The van der Waals surface area contributed by atoms with Crippen LogP contribution in [0, 0.1) is 31.9 Å². The molecule has 0 aliphatic carbocycles. The smallest absolute Gasteiger partial charge is 0.288 e. The molecule has 2 aromatic carbocycles. The SMILES string of the molecule is O=[N+]([O-])c1cc(C(O)CCC(O)c2cc([N+](=O)[O-])c(Cl)cc2F)c(F)cc1Cl. The van der Waals surface area contributed by atoms with E-state index < -0.39 is 66.2 Å². The zero-order valence-corrected chi connectivity index (χ0v) is 15.3. The van der Waals surface area contributed by atoms with Crippen LogP contribution in [0.2, 0.25) is 10.0 Å². The zero-order valence-electron chi connectivity index (χ0n) is 13.8. The molecular weight excluding hydrogens is 425 g/mol. The van der Waals surface area contributed by atoms with Gasteiger partial charge < -0.3 is 10.2 Å². The second-order valence-electron chi connectivity index (χ2n) is 5.77. The number of benzene rings is 2. The van der Waals surface area contributed by atoms with Gasteiger partial charge in [0.2, 0.25) is 0 Å². The maximum absolute atomic E-state index is 14.0. The molecule has 0 aliphatic rings. The topological polar surface area (TPSA) is 127 Å². The highest BCUT2D eigenvalue weighted by Crippen LogP contribution is 2.35. The molecule has 2 rings (SSSR count). The number of nitro groups is 2. The molecule has 0 heterocycles. The van der Waals surface area contributed by atoms with Gasteiger partial charge in [0.15, 0.2) is 0 Å². The molecule has 2 atom stereocenters. The van der Waals surface area contributed by atoms with E-state index in [1.54, 1.807) is 0 Å². The molecule has 0 spiro atoms. The summed E-state index contributed by atoms with van der Waals surface area (Å²) in [6.07, 6.45) is -3.80. The van der Waals surface area contributed by atoms with Gasteiger partial charge in [-0.15, -0.1) is 0 Å². The first-order chi connectivity index (χ1) is 13.0. The molecule has 0 aliphatic heterocycles. The molecule has 28 heavy (non-hydrogen) atoms. The Labute approximate surface area is 166 Å². The molecule has 0 radical (unpaired) electrons. The highest BCUT2D eigenvalue weighted by atomic mass is 35.5. The summed E-state index contributed by atoms with van der Waals surface area (Å²) in [6, 6.07) is 2.89. The second kappa shape index (κ2) is 8.74. The summed E-state index contributed by atoms with van der Waals surface area (Å²) in [5.41, 5.74) is -2.08. The first-order valence-electron chi connectivity index (χ1n) is 7.65. The summed E-state index contributed by atoms with van der Waals surface area (Å²) in [5, 5.41) is 41.1. The zero-order chi connectivity index (χ0) is 21.2. The maximum Gasteiger partial charge on any atom is 0.288 e. The molecule has 0 bridgehead atoms. The van der Waals surface area contributed by atoms with Crippen molar-refractivity contribution in [2.45, 2.75) is 25.0 Å². The lowest BCUT2D eigenvalue weighted by atomic mass is 9.98. The van der Waals surface area contributed by atoms with Crippen LogP contribution in [-0.4, -0.2) is 20.1 Å². The lowest BCUT2D eigenvalue weighted by Gasteiger charge is -2.16. The van der Waals surface area contributed by atoms with Crippen molar-refractivity contribution in [2.75, 3.05) is 0 Å². The first-order valence-corrected chi connectivity index (χ1v) is 8.41. The summed E-state index contributed by atoms with van der Waals surface area (Å²) in [5.74, 6) is -1.99. The molecular formula is C16H12Cl2F2N2O6. The molecule has 0 aromatic heterocycles. The average molecular weight is 437 g/mol. The van der Waals surface area contributed by atoms with Crippen molar-refractivity contribution < 1.29 is 28.8 Å². The van der Waals surface area contributed by atoms with E-state index in [4.69, 9.17) is 23.2 Å². The summed E-state index contributed by atoms with van der Waals surface area (Å²) < 4.78 is 27.9. The fraction of sp³-hybridized carbons (Fsp3) is 0.250. The van der Waals surface area contributed by atoms with Gasteiger partial charge in [-0.05, 0) is 25.0 Å². The minimum Gasteiger partial charge on any atom is -0.388 e. The molecule has 2 N–H and O–H groups in total. The van der Waals surface area contributed by atoms with Crippen molar-refractivity contribution in [2.24, 2.45) is 0 Å². The number of rotatable bonds is 7. The lowest BCUT2D eigenvalue weighted by Crippen LogP contribution is -2.07. The summed E-state index contributed by atoms with van der Waals surface area (Å²) in [7, 11) is 0. The van der Waals surface area contributed by atoms with Gasteiger partial charge in [-0.25, -0.2) is 8.78 Å². The van der Waals surface area contributed by atoms with Gasteiger partial charge in [-0.3, -0.25) is 20.2 Å². The van der Waals surface area contributed by atoms with Crippen LogP contribution < -0.4 is 0 Å². The van der Waals surface area contributed by atoms with Crippen LogP contribution in [0.1, 0.15) is 36.2 Å². The third-order valence-electron chi connectivity index (χ3n) is 3.96. The van der Waals surface area contributed by atoms with Gasteiger partial charge >= 0.3 is 0 Å². The van der Waals surface area contributed by atoms with Crippen LogP contribution >= 0.6 is 23.2 Å². The number of hydrogen-bond acceptors (Lipinski definition) is 6. The Morgan fingerprint density at radius 3 is 1.43 bits per heavy atom. The number of halogens is 4. The normalized spacial score (nSPS) is 13.2. The van der Waals surface area contributed by atoms with Crippen LogP contribution in [0.25, 0.3) is 0 Å². The highest BCUT2D eigenvalue weighted by Gasteiger charge is 2.25. The minimum absolute atomic E-state index is 0.327. The molecule has 8 nitrogen and oxygen atoms in total. The van der Waals surface area contributed by atoms with E-state index in [1.807, 2.05) is 0 Å². The maximum atomic E-state index is 14.0. The fourth-order valence-corrected chi connectivity index (χ4v) is 2.96. The molecule has 12 heteroatoms. The van der Waals surface area contributed by atoms with E-state index >= 15 is 0 Å². The van der Waals surface area contributed by atoms with E-state index in [2.05, 4.69) is 0 Å². The van der Waals surface area contributed by atoms with Crippen LogP contribution in [0.15, 0.2) is 24.3 Å². The third kappa shape index (κ3) is 4.71. The van der Waals surface area contributed by atoms with Crippen molar-refractivity contribution in [3.63, 3.8) is 0 Å². The van der Waals surface area contributed by atoms with E-state index in [-0.39, 0.29) is 12.8 Å². The molecule has 0 saturated heterocycles. The molecule has 2 unspecified atom stereocenters. The standard InChI is InChI=1S/C16H12Cl2F2N2O6/c17-9-5-11(19)7(3-13(9)21(25)26)15(23)1-2-16(24)8-4-14(22(27)28)10(18)6-12(8)20/h3-6,15-16,23-24H,1-2H2. The number of nitrogens with zero attached hydrogens (tertiary/aromatic N) is 2. The van der Waals surface area contributed by atoms with Gasteiger partial charge in [0.1, 0.15) is 21.7 Å². The monoisotopic (exact) mass is 436 g/mol. The summed E-state index contributed by atoms with van der Waals surface area (Å²) in [6.45, 7) is 0. The average Bonchev–Trinajstić information content (AvgIpc) is 2.58. The highest BCUT2D eigenvalue weighted by molar-refractivity contribution is 6.33. The Bertz CT molecular complexity index is 868. The number of nitro benzene ring substituents is 2. The van der Waals surface area contributed by atoms with Crippen molar-refractivity contribution in [1.82, 2.24) is 0 Å². The first kappa shape index (κ1) is 21.9. The Morgan fingerprint density at radius 1 is 0.821 bits per heavy atom. The molecule has 150 valence electrons. The van der Waals surface area contributed by atoms with Crippen LogP contribution in [0.3, 0.4) is 0 Å². The van der Waals surface area contributed by atoms with E-state index in [0.717, 1.165) is 12.1 Å². The number of hydrogen-bond donors (Lipinski definition) is 2. The minimum atomic E-state index is -1.57. The van der Waals surface area contributed by atoms with Crippen LogP contribution in [0.4, 0.5) is 20.2 Å². The predicted octanol–water partition coefficient (Wildman–Crippen LogP) is 4.64. The van der Waals surface area contributed by atoms with Gasteiger partial charge in [0.25, 0.3) is 11.4 Å². The van der Waals surface area contributed by atoms with Gasteiger partial charge in [-0.2, -0.15) is 0 Å². The third-order valence-corrected chi connectivity index (χ3v) is 4.56. The molecule has 0 amide bonds. The molecule has 0 saturated carbocycles. The lowest BCUT2D eigenvalue weighted by molar-refractivity contribution is -0.385. The van der Waals surface area contributed by atoms with Gasteiger partial charge in [0, 0.05) is 23.3 Å². The van der Waals surface area contributed by atoms with Crippen LogP contribution in [0.5, 0.6) is 0 Å². The quantitative estimate of drug-likeness (QED) is 0.480. The summed E-state index contributed by atoms with van der Waals surface area (Å²) >= 11 is 11.1. The van der Waals surface area contributed by atoms with E-state index in [9.17, 15) is 39.2 Å². The number of aliphatic hydroxyl groups is 2. The Balaban J connectivity index is 2.20. The van der Waals surface area contributed by atoms with Gasteiger partial charge in [-0.1, -0.05) is 23.2 Å². The molecule has 2 aromatic rings. The Kier molecular flexibility index (Phi) is 6.83. The van der Waals surface area contributed by atoms with E-state index in [0.29, 0.717) is 12.1 Å². The predicted molar refractivity (Wildman–Crippen MR) is 95.3 cm³/mol. The van der Waals surface area contributed by atoms with E-state index in [1.165, 1.54) is 0 Å².